The Morgan fingerprint density at radius 3 is 2.63 bits per heavy atom. The number of anilines is 1. The minimum absolute atomic E-state index is 0.443. The van der Waals surface area contributed by atoms with E-state index in [2.05, 4.69) is 26.0 Å². The molecule has 1 aromatic carbocycles. The number of carbonyl (C=O) groups is 1. The number of nitro groups is 1. The van der Waals surface area contributed by atoms with Crippen LogP contribution in [0.1, 0.15) is 6.92 Å². The van der Waals surface area contributed by atoms with Gasteiger partial charge in [-0.2, -0.15) is 4.39 Å². The third-order valence-electron chi connectivity index (χ3n) is 2.25. The number of hydrogen-bond donors (Lipinski definition) is 1. The van der Waals surface area contributed by atoms with Crippen LogP contribution in [-0.4, -0.2) is 24.0 Å². The molecule has 0 fully saturated rings. The summed E-state index contributed by atoms with van der Waals surface area (Å²) in [6, 6.07) is -0.270. The van der Waals surface area contributed by atoms with Gasteiger partial charge >= 0.3 is 11.7 Å². The lowest BCUT2D eigenvalue weighted by Crippen LogP contribution is -2.27. The summed E-state index contributed by atoms with van der Waals surface area (Å²) in [6.45, 7) is 1.34. The zero-order chi connectivity index (χ0) is 14.7. The zero-order valence-electron chi connectivity index (χ0n) is 9.87. The van der Waals surface area contributed by atoms with Crippen LogP contribution in [-0.2, 0) is 9.53 Å². The van der Waals surface area contributed by atoms with Crippen LogP contribution >= 0.6 is 15.9 Å². The Balaban J connectivity index is 3.27. The monoisotopic (exact) mass is 338 g/mol. The van der Waals surface area contributed by atoms with Gasteiger partial charge in [-0.25, -0.2) is 9.18 Å². The Morgan fingerprint density at radius 1 is 1.58 bits per heavy atom. The first-order chi connectivity index (χ1) is 8.79. The highest BCUT2D eigenvalue weighted by Gasteiger charge is 2.28. The van der Waals surface area contributed by atoms with Gasteiger partial charge in [-0.3, -0.25) is 10.1 Å². The molecule has 0 aliphatic heterocycles. The molecule has 0 heterocycles. The Hall–Kier alpha value is -1.77. The van der Waals surface area contributed by atoms with Crippen molar-refractivity contribution in [1.82, 2.24) is 0 Å². The Labute approximate surface area is 115 Å². The van der Waals surface area contributed by atoms with Crippen molar-refractivity contribution in [1.29, 1.82) is 0 Å². The Bertz CT molecular complexity index is 539. The SMILES string of the molecule is COC(=O)C(C)Nc1cc(F)c(Br)c(F)c1[N+](=O)[O-]. The number of carbonyl (C=O) groups excluding carboxylic acids is 1. The summed E-state index contributed by atoms with van der Waals surface area (Å²) in [5.74, 6) is -3.11. The van der Waals surface area contributed by atoms with Crippen LogP contribution in [0.15, 0.2) is 10.5 Å². The van der Waals surface area contributed by atoms with Crippen LogP contribution in [0.25, 0.3) is 0 Å². The smallest absolute Gasteiger partial charge is 0.329 e. The molecule has 104 valence electrons. The molecule has 19 heavy (non-hydrogen) atoms. The molecule has 1 atom stereocenters. The molecule has 6 nitrogen and oxygen atoms in total. The van der Waals surface area contributed by atoms with E-state index in [1.807, 2.05) is 0 Å². The standard InChI is InChI=1S/C10H9BrF2N2O4/c1-4(10(16)19-2)14-6-3-5(12)7(11)8(13)9(6)15(17)18/h3-4,14H,1-2H3. The van der Waals surface area contributed by atoms with Gasteiger partial charge in [0, 0.05) is 6.07 Å². The molecule has 0 radical (unpaired) electrons. The molecule has 0 spiro atoms. The Kier molecular flexibility index (Phi) is 4.76. The third-order valence-corrected chi connectivity index (χ3v) is 2.97. The van der Waals surface area contributed by atoms with E-state index in [1.54, 1.807) is 0 Å². The summed E-state index contributed by atoms with van der Waals surface area (Å²) in [5, 5.41) is 13.1. The van der Waals surface area contributed by atoms with E-state index in [1.165, 1.54) is 6.92 Å². The van der Waals surface area contributed by atoms with E-state index in [4.69, 9.17) is 0 Å². The molecule has 0 aliphatic carbocycles. The molecule has 1 rings (SSSR count). The number of halogens is 3. The van der Waals surface area contributed by atoms with Crippen LogP contribution in [0.2, 0.25) is 0 Å². The van der Waals surface area contributed by atoms with Gasteiger partial charge in [0.05, 0.1) is 16.5 Å². The maximum Gasteiger partial charge on any atom is 0.329 e. The summed E-state index contributed by atoms with van der Waals surface area (Å²) in [7, 11) is 1.12. The number of hydrogen-bond acceptors (Lipinski definition) is 5. The minimum atomic E-state index is -1.36. The number of ether oxygens (including phenoxy) is 1. The van der Waals surface area contributed by atoms with Gasteiger partial charge in [-0.1, -0.05) is 0 Å². The van der Waals surface area contributed by atoms with Crippen molar-refractivity contribution in [3.63, 3.8) is 0 Å². The van der Waals surface area contributed by atoms with E-state index >= 15 is 0 Å². The molecule has 0 amide bonds. The molecule has 0 saturated heterocycles. The molecular formula is C10H9BrF2N2O4. The van der Waals surface area contributed by atoms with Crippen molar-refractivity contribution < 1.29 is 23.2 Å². The summed E-state index contributed by atoms with van der Waals surface area (Å²) in [4.78, 5) is 21.0. The second-order valence-corrected chi connectivity index (χ2v) is 4.32. The molecule has 0 saturated carbocycles. The van der Waals surface area contributed by atoms with Crippen LogP contribution in [0.3, 0.4) is 0 Å². The van der Waals surface area contributed by atoms with Gasteiger partial charge in [0.1, 0.15) is 17.5 Å². The molecule has 1 aromatic rings. The second-order valence-electron chi connectivity index (χ2n) is 3.53. The largest absolute Gasteiger partial charge is 0.467 e. The summed E-state index contributed by atoms with van der Waals surface area (Å²) < 4.78 is 30.7. The predicted molar refractivity (Wildman–Crippen MR) is 65.8 cm³/mol. The molecule has 1 unspecified atom stereocenters. The molecule has 0 aromatic heterocycles. The fourth-order valence-electron chi connectivity index (χ4n) is 1.34. The highest BCUT2D eigenvalue weighted by molar-refractivity contribution is 9.10. The van der Waals surface area contributed by atoms with Gasteiger partial charge in [0.15, 0.2) is 0 Å². The van der Waals surface area contributed by atoms with E-state index in [-0.39, 0.29) is 0 Å². The van der Waals surface area contributed by atoms with Crippen LogP contribution in [0, 0.1) is 21.7 Å². The van der Waals surface area contributed by atoms with Crippen molar-refractivity contribution in [3.05, 3.63) is 32.3 Å². The summed E-state index contributed by atoms with van der Waals surface area (Å²) in [5.41, 5.74) is -1.40. The number of methoxy groups -OCH3 is 1. The second kappa shape index (κ2) is 5.91. The number of rotatable bonds is 4. The molecule has 0 bridgehead atoms. The molecule has 1 N–H and O–H groups in total. The summed E-state index contributed by atoms with van der Waals surface area (Å²) >= 11 is 2.57. The number of esters is 1. The number of nitro benzene ring substituents is 1. The third kappa shape index (κ3) is 3.16. The van der Waals surface area contributed by atoms with Crippen molar-refractivity contribution in [2.45, 2.75) is 13.0 Å². The lowest BCUT2D eigenvalue weighted by Gasteiger charge is -2.13. The van der Waals surface area contributed by atoms with Crippen molar-refractivity contribution >= 4 is 33.3 Å². The first-order valence-electron chi connectivity index (χ1n) is 4.95. The molecular weight excluding hydrogens is 330 g/mol. The summed E-state index contributed by atoms with van der Waals surface area (Å²) in [6.07, 6.45) is 0. The fraction of sp³-hybridized carbons (Fsp3) is 0.300. The number of nitrogens with one attached hydrogen (secondary N) is 1. The van der Waals surface area contributed by atoms with E-state index < -0.39 is 44.4 Å². The van der Waals surface area contributed by atoms with Crippen molar-refractivity contribution in [2.24, 2.45) is 0 Å². The van der Waals surface area contributed by atoms with Gasteiger partial charge < -0.3 is 10.1 Å². The van der Waals surface area contributed by atoms with Crippen LogP contribution in [0.5, 0.6) is 0 Å². The van der Waals surface area contributed by atoms with Gasteiger partial charge in [0.2, 0.25) is 5.82 Å². The average Bonchev–Trinajstić information content (AvgIpc) is 2.34. The van der Waals surface area contributed by atoms with E-state index in [0.29, 0.717) is 0 Å². The average molecular weight is 339 g/mol. The molecule has 9 heteroatoms. The number of nitrogens with zero attached hydrogens (tertiary/aromatic N) is 1. The lowest BCUT2D eigenvalue weighted by molar-refractivity contribution is -0.386. The zero-order valence-corrected chi connectivity index (χ0v) is 11.5. The quantitative estimate of drug-likeness (QED) is 0.395. The van der Waals surface area contributed by atoms with E-state index in [9.17, 15) is 23.7 Å². The van der Waals surface area contributed by atoms with Gasteiger partial charge in [-0.05, 0) is 22.9 Å². The van der Waals surface area contributed by atoms with Gasteiger partial charge in [0.25, 0.3) is 0 Å². The topological polar surface area (TPSA) is 81.5 Å². The maximum atomic E-state index is 13.6. The van der Waals surface area contributed by atoms with Crippen LogP contribution in [0.4, 0.5) is 20.2 Å². The molecule has 0 aliphatic rings. The first-order valence-corrected chi connectivity index (χ1v) is 5.75. The fourth-order valence-corrected chi connectivity index (χ4v) is 1.65. The first kappa shape index (κ1) is 15.3. The van der Waals surface area contributed by atoms with Gasteiger partial charge in [-0.15, -0.1) is 0 Å². The lowest BCUT2D eigenvalue weighted by atomic mass is 10.2. The minimum Gasteiger partial charge on any atom is -0.467 e. The normalized spacial score (nSPS) is 11.8. The Morgan fingerprint density at radius 2 is 2.16 bits per heavy atom. The predicted octanol–water partition coefficient (Wildman–Crippen LogP) is 2.61. The van der Waals surface area contributed by atoms with Crippen molar-refractivity contribution in [3.8, 4) is 0 Å². The number of benzene rings is 1. The van der Waals surface area contributed by atoms with Crippen molar-refractivity contribution in [2.75, 3.05) is 12.4 Å². The van der Waals surface area contributed by atoms with Crippen LogP contribution < -0.4 is 5.32 Å². The maximum absolute atomic E-state index is 13.6. The highest BCUT2D eigenvalue weighted by atomic mass is 79.9. The highest BCUT2D eigenvalue weighted by Crippen LogP contribution is 2.35. The van der Waals surface area contributed by atoms with E-state index in [0.717, 1.165) is 13.2 Å².